The molecule has 0 saturated heterocycles. The highest BCUT2D eigenvalue weighted by Crippen LogP contribution is 2.35. The van der Waals surface area contributed by atoms with Gasteiger partial charge in [-0.05, 0) is 12.8 Å². The van der Waals surface area contributed by atoms with Crippen LogP contribution in [0.3, 0.4) is 0 Å². The molecule has 0 amide bonds. The van der Waals surface area contributed by atoms with Crippen molar-refractivity contribution in [3.05, 3.63) is 35.9 Å². The first-order valence-electron chi connectivity index (χ1n) is 10.2. The molecule has 0 atom stereocenters. The summed E-state index contributed by atoms with van der Waals surface area (Å²) in [6.45, 7) is 6.71. The Morgan fingerprint density at radius 3 is 1.67 bits per heavy atom. The summed E-state index contributed by atoms with van der Waals surface area (Å²) < 4.78 is 0. The number of Topliss-reactive ketones (excluding diaryl/α,β-unsaturated/α-hetero) is 1. The first-order valence-corrected chi connectivity index (χ1v) is 10.2. The highest BCUT2D eigenvalue weighted by molar-refractivity contribution is 6.00. The molecule has 136 valence electrons. The zero-order valence-corrected chi connectivity index (χ0v) is 16.3. The molecule has 0 aliphatic carbocycles. The van der Waals surface area contributed by atoms with E-state index in [9.17, 15) is 4.79 Å². The van der Waals surface area contributed by atoms with E-state index >= 15 is 0 Å². The van der Waals surface area contributed by atoms with E-state index in [4.69, 9.17) is 0 Å². The molecule has 0 spiro atoms. The second kappa shape index (κ2) is 12.3. The third-order valence-electron chi connectivity index (χ3n) is 5.25. The summed E-state index contributed by atoms with van der Waals surface area (Å²) >= 11 is 0. The Morgan fingerprint density at radius 1 is 0.750 bits per heavy atom. The molecule has 1 aromatic rings. The Bertz CT molecular complexity index is 421. The van der Waals surface area contributed by atoms with E-state index in [1.807, 2.05) is 30.3 Å². The van der Waals surface area contributed by atoms with Gasteiger partial charge in [0, 0.05) is 11.0 Å². The van der Waals surface area contributed by atoms with E-state index in [0.717, 1.165) is 18.4 Å². The number of benzene rings is 1. The van der Waals surface area contributed by atoms with Crippen molar-refractivity contribution in [1.82, 2.24) is 0 Å². The fourth-order valence-corrected chi connectivity index (χ4v) is 3.53. The molecule has 0 saturated carbocycles. The molecule has 0 aliphatic rings. The van der Waals surface area contributed by atoms with Crippen molar-refractivity contribution < 1.29 is 4.79 Å². The van der Waals surface area contributed by atoms with Crippen LogP contribution in [0.2, 0.25) is 0 Å². The van der Waals surface area contributed by atoms with Crippen LogP contribution < -0.4 is 0 Å². The third-order valence-corrected chi connectivity index (χ3v) is 5.25. The number of carbonyl (C=O) groups excluding carboxylic acids is 1. The minimum atomic E-state index is -0.181. The normalized spacial score (nSPS) is 11.6. The smallest absolute Gasteiger partial charge is 0.168 e. The van der Waals surface area contributed by atoms with Crippen molar-refractivity contribution in [2.75, 3.05) is 0 Å². The molecular formula is C23H38O. The highest BCUT2D eigenvalue weighted by Gasteiger charge is 2.32. The summed E-state index contributed by atoms with van der Waals surface area (Å²) in [5.41, 5.74) is 0.710. The molecule has 0 bridgehead atoms. The summed E-state index contributed by atoms with van der Waals surface area (Å²) in [6.07, 6.45) is 14.8. The SMILES string of the molecule is CCCCCCCC(C)(CCCCCCC)C(=O)c1ccccc1. The quantitative estimate of drug-likeness (QED) is 0.253. The van der Waals surface area contributed by atoms with Gasteiger partial charge in [-0.1, -0.05) is 115 Å². The van der Waals surface area contributed by atoms with E-state index in [1.54, 1.807) is 0 Å². The Morgan fingerprint density at radius 2 is 1.21 bits per heavy atom. The van der Waals surface area contributed by atoms with Crippen LogP contribution in [0.5, 0.6) is 0 Å². The van der Waals surface area contributed by atoms with Crippen LogP contribution >= 0.6 is 0 Å². The zero-order chi connectivity index (χ0) is 17.7. The molecule has 0 N–H and O–H groups in total. The van der Waals surface area contributed by atoms with Gasteiger partial charge in [-0.2, -0.15) is 0 Å². The van der Waals surface area contributed by atoms with E-state index in [1.165, 1.54) is 64.2 Å². The topological polar surface area (TPSA) is 17.1 Å². The molecule has 1 rings (SSSR count). The molecule has 1 aromatic carbocycles. The molecule has 0 heterocycles. The molecule has 0 fully saturated rings. The number of unbranched alkanes of at least 4 members (excludes halogenated alkanes) is 8. The maximum absolute atomic E-state index is 13.1. The van der Waals surface area contributed by atoms with Gasteiger partial charge >= 0.3 is 0 Å². The summed E-state index contributed by atoms with van der Waals surface area (Å²) in [7, 11) is 0. The Balaban J connectivity index is 2.61. The first-order chi connectivity index (χ1) is 11.6. The minimum Gasteiger partial charge on any atom is -0.294 e. The van der Waals surface area contributed by atoms with Crippen LogP contribution in [0.25, 0.3) is 0 Å². The second-order valence-electron chi connectivity index (χ2n) is 7.58. The van der Waals surface area contributed by atoms with Crippen LogP contribution in [0.1, 0.15) is 108 Å². The fourth-order valence-electron chi connectivity index (χ4n) is 3.53. The molecule has 0 radical (unpaired) electrons. The van der Waals surface area contributed by atoms with Gasteiger partial charge in [-0.15, -0.1) is 0 Å². The van der Waals surface area contributed by atoms with Crippen LogP contribution in [0.15, 0.2) is 30.3 Å². The average molecular weight is 331 g/mol. The van der Waals surface area contributed by atoms with Crippen LogP contribution in [0.4, 0.5) is 0 Å². The summed E-state index contributed by atoms with van der Waals surface area (Å²) in [5.74, 6) is 0.356. The fraction of sp³-hybridized carbons (Fsp3) is 0.696. The van der Waals surface area contributed by atoms with Crippen LogP contribution in [0, 0.1) is 5.41 Å². The Labute approximate surface area is 150 Å². The van der Waals surface area contributed by atoms with Crippen molar-refractivity contribution >= 4 is 5.78 Å². The molecule has 1 nitrogen and oxygen atoms in total. The average Bonchev–Trinajstić information content (AvgIpc) is 2.61. The molecule has 0 aromatic heterocycles. The van der Waals surface area contributed by atoms with Crippen molar-refractivity contribution in [3.63, 3.8) is 0 Å². The van der Waals surface area contributed by atoms with Gasteiger partial charge in [0.25, 0.3) is 0 Å². The number of rotatable bonds is 14. The monoisotopic (exact) mass is 330 g/mol. The number of ketones is 1. The van der Waals surface area contributed by atoms with Crippen LogP contribution in [-0.2, 0) is 0 Å². The molecule has 24 heavy (non-hydrogen) atoms. The Kier molecular flexibility index (Phi) is 10.7. The van der Waals surface area contributed by atoms with Gasteiger partial charge in [0.2, 0.25) is 0 Å². The molecular weight excluding hydrogens is 292 g/mol. The second-order valence-corrected chi connectivity index (χ2v) is 7.58. The van der Waals surface area contributed by atoms with Gasteiger partial charge in [0.05, 0.1) is 0 Å². The number of carbonyl (C=O) groups is 1. The molecule has 0 unspecified atom stereocenters. The molecule has 0 aliphatic heterocycles. The minimum absolute atomic E-state index is 0.181. The largest absolute Gasteiger partial charge is 0.294 e. The lowest BCUT2D eigenvalue weighted by Crippen LogP contribution is -2.28. The van der Waals surface area contributed by atoms with Gasteiger partial charge in [0.15, 0.2) is 5.78 Å². The zero-order valence-electron chi connectivity index (χ0n) is 16.3. The van der Waals surface area contributed by atoms with Crippen molar-refractivity contribution in [1.29, 1.82) is 0 Å². The van der Waals surface area contributed by atoms with E-state index in [0.29, 0.717) is 5.78 Å². The van der Waals surface area contributed by atoms with Crippen LogP contribution in [-0.4, -0.2) is 5.78 Å². The van der Waals surface area contributed by atoms with Crippen molar-refractivity contribution in [2.45, 2.75) is 97.8 Å². The lowest BCUT2D eigenvalue weighted by Gasteiger charge is -2.28. The lowest BCUT2D eigenvalue weighted by molar-refractivity contribution is 0.0777. The maximum atomic E-state index is 13.1. The van der Waals surface area contributed by atoms with E-state index < -0.39 is 0 Å². The highest BCUT2D eigenvalue weighted by atomic mass is 16.1. The number of hydrogen-bond donors (Lipinski definition) is 0. The van der Waals surface area contributed by atoms with E-state index in [2.05, 4.69) is 20.8 Å². The van der Waals surface area contributed by atoms with Gasteiger partial charge < -0.3 is 0 Å². The van der Waals surface area contributed by atoms with E-state index in [-0.39, 0.29) is 5.41 Å². The predicted octanol–water partition coefficient (Wildman–Crippen LogP) is 7.60. The van der Waals surface area contributed by atoms with Crippen molar-refractivity contribution in [3.8, 4) is 0 Å². The molecule has 1 heteroatoms. The predicted molar refractivity (Wildman–Crippen MR) is 106 cm³/mol. The van der Waals surface area contributed by atoms with Gasteiger partial charge in [-0.25, -0.2) is 0 Å². The third kappa shape index (κ3) is 7.64. The summed E-state index contributed by atoms with van der Waals surface area (Å²) in [6, 6.07) is 9.92. The standard InChI is InChI=1S/C23H38O/c1-4-6-8-10-15-19-23(3,20-16-11-9-7-5-2)22(24)21-17-13-12-14-18-21/h12-14,17-18H,4-11,15-16,19-20H2,1-3H3. The summed E-state index contributed by atoms with van der Waals surface area (Å²) in [4.78, 5) is 13.1. The first kappa shape index (κ1) is 20.9. The Hall–Kier alpha value is -1.11. The number of hydrogen-bond acceptors (Lipinski definition) is 1. The van der Waals surface area contributed by atoms with Gasteiger partial charge in [-0.3, -0.25) is 4.79 Å². The van der Waals surface area contributed by atoms with Gasteiger partial charge in [0.1, 0.15) is 0 Å². The maximum Gasteiger partial charge on any atom is 0.168 e. The lowest BCUT2D eigenvalue weighted by atomic mass is 9.74. The summed E-state index contributed by atoms with van der Waals surface area (Å²) in [5, 5.41) is 0. The van der Waals surface area contributed by atoms with Crippen molar-refractivity contribution in [2.24, 2.45) is 5.41 Å².